The lowest BCUT2D eigenvalue weighted by molar-refractivity contribution is -0.134. The van der Waals surface area contributed by atoms with E-state index in [9.17, 15) is 14.4 Å². The summed E-state index contributed by atoms with van der Waals surface area (Å²) in [6.45, 7) is 1.26. The highest BCUT2D eigenvalue weighted by atomic mass is 16.2. The third kappa shape index (κ3) is 2.16. The Hall–Kier alpha value is -2.95. The first-order chi connectivity index (χ1) is 10.6. The minimum Gasteiger partial charge on any atom is -0.299 e. The second-order valence-electron chi connectivity index (χ2n) is 5.01. The van der Waals surface area contributed by atoms with Gasteiger partial charge >= 0.3 is 0 Å². The van der Waals surface area contributed by atoms with Crippen molar-refractivity contribution in [3.63, 3.8) is 0 Å². The van der Waals surface area contributed by atoms with E-state index in [1.165, 1.54) is 16.9 Å². The van der Waals surface area contributed by atoms with Crippen LogP contribution in [0.4, 0.5) is 11.4 Å². The van der Waals surface area contributed by atoms with Gasteiger partial charge in [-0.2, -0.15) is 0 Å². The number of anilines is 2. The average molecular weight is 294 g/mol. The van der Waals surface area contributed by atoms with E-state index in [2.05, 4.69) is 0 Å². The standard InChI is InChI=1S/C17H14N2O3/c1-12(20)15-16(21)18(13-8-4-2-5-9-13)19(17(15)22)14-10-6-3-7-11-14/h2-11,15H,1H3. The number of hydrazine groups is 1. The molecule has 0 aromatic heterocycles. The van der Waals surface area contributed by atoms with Gasteiger partial charge in [-0.3, -0.25) is 14.4 Å². The van der Waals surface area contributed by atoms with E-state index in [1.54, 1.807) is 48.5 Å². The monoisotopic (exact) mass is 294 g/mol. The third-order valence-corrected chi connectivity index (χ3v) is 3.52. The number of para-hydroxylation sites is 2. The number of nitrogens with zero attached hydrogens (tertiary/aromatic N) is 2. The molecule has 0 spiro atoms. The zero-order chi connectivity index (χ0) is 15.7. The van der Waals surface area contributed by atoms with Gasteiger partial charge in [0, 0.05) is 0 Å². The zero-order valence-electron chi connectivity index (χ0n) is 12.0. The quantitative estimate of drug-likeness (QED) is 0.815. The minimum absolute atomic E-state index is 0.450. The van der Waals surface area contributed by atoms with E-state index in [0.717, 1.165) is 0 Å². The van der Waals surface area contributed by atoms with Crippen molar-refractivity contribution in [3.05, 3.63) is 60.7 Å². The van der Waals surface area contributed by atoms with Gasteiger partial charge in [0.2, 0.25) is 0 Å². The van der Waals surface area contributed by atoms with Crippen LogP contribution >= 0.6 is 0 Å². The molecule has 0 unspecified atom stereocenters. The largest absolute Gasteiger partial charge is 0.299 e. The number of rotatable bonds is 3. The Morgan fingerprint density at radius 3 is 1.45 bits per heavy atom. The molecule has 2 aromatic rings. The summed E-state index contributed by atoms with van der Waals surface area (Å²) in [6, 6.07) is 17.6. The summed E-state index contributed by atoms with van der Waals surface area (Å²) in [5, 5.41) is 2.54. The first-order valence-corrected chi connectivity index (χ1v) is 6.89. The van der Waals surface area contributed by atoms with Crippen LogP contribution in [0, 0.1) is 5.92 Å². The van der Waals surface area contributed by atoms with Gasteiger partial charge < -0.3 is 0 Å². The summed E-state index contributed by atoms with van der Waals surface area (Å²) >= 11 is 0. The van der Waals surface area contributed by atoms with Gasteiger partial charge in [0.25, 0.3) is 11.8 Å². The molecule has 1 aliphatic rings. The fourth-order valence-corrected chi connectivity index (χ4v) is 2.52. The van der Waals surface area contributed by atoms with Gasteiger partial charge in [0.1, 0.15) is 0 Å². The minimum atomic E-state index is -1.28. The summed E-state index contributed by atoms with van der Waals surface area (Å²) in [6.07, 6.45) is 0. The number of hydrogen-bond acceptors (Lipinski definition) is 3. The van der Waals surface area contributed by atoms with Crippen LogP contribution in [0.15, 0.2) is 60.7 Å². The molecule has 0 saturated carbocycles. The number of Topliss-reactive ketones (excluding diaryl/α,β-unsaturated/α-hetero) is 1. The van der Waals surface area contributed by atoms with Crippen LogP contribution in [-0.2, 0) is 14.4 Å². The number of benzene rings is 2. The predicted octanol–water partition coefficient (Wildman–Crippen LogP) is 2.19. The van der Waals surface area contributed by atoms with Crippen molar-refractivity contribution < 1.29 is 14.4 Å². The topological polar surface area (TPSA) is 57.7 Å². The third-order valence-electron chi connectivity index (χ3n) is 3.52. The fourth-order valence-electron chi connectivity index (χ4n) is 2.52. The maximum atomic E-state index is 12.6. The molecule has 0 radical (unpaired) electrons. The van der Waals surface area contributed by atoms with Crippen LogP contribution < -0.4 is 10.0 Å². The van der Waals surface area contributed by atoms with Gasteiger partial charge in [0.05, 0.1) is 11.4 Å². The summed E-state index contributed by atoms with van der Waals surface area (Å²) in [4.78, 5) is 36.9. The van der Waals surface area contributed by atoms with Crippen LogP contribution in [-0.4, -0.2) is 17.6 Å². The Bertz CT molecular complexity index is 671. The molecule has 0 N–H and O–H groups in total. The molecular weight excluding hydrogens is 280 g/mol. The second-order valence-corrected chi connectivity index (χ2v) is 5.01. The Labute approximate surface area is 127 Å². The van der Waals surface area contributed by atoms with Crippen molar-refractivity contribution in [1.82, 2.24) is 0 Å². The molecule has 5 nitrogen and oxygen atoms in total. The summed E-state index contributed by atoms with van der Waals surface area (Å²) in [5.74, 6) is -2.77. The zero-order valence-corrected chi connectivity index (χ0v) is 12.0. The van der Waals surface area contributed by atoms with Crippen LogP contribution in [0.3, 0.4) is 0 Å². The molecule has 2 amide bonds. The van der Waals surface area contributed by atoms with Crippen molar-refractivity contribution in [3.8, 4) is 0 Å². The van der Waals surface area contributed by atoms with Crippen LogP contribution in [0.5, 0.6) is 0 Å². The predicted molar refractivity (Wildman–Crippen MR) is 82.0 cm³/mol. The number of carbonyl (C=O) groups is 3. The summed E-state index contributed by atoms with van der Waals surface area (Å²) < 4.78 is 0. The maximum Gasteiger partial charge on any atom is 0.266 e. The molecule has 0 bridgehead atoms. The molecule has 0 atom stereocenters. The highest BCUT2D eigenvalue weighted by Gasteiger charge is 2.49. The van der Waals surface area contributed by atoms with E-state index in [4.69, 9.17) is 0 Å². The molecule has 22 heavy (non-hydrogen) atoms. The first kappa shape index (κ1) is 14.0. The molecule has 2 aromatic carbocycles. The van der Waals surface area contributed by atoms with Gasteiger partial charge in [-0.25, -0.2) is 10.0 Å². The number of ketones is 1. The van der Waals surface area contributed by atoms with Crippen LogP contribution in [0.1, 0.15) is 6.92 Å². The molecule has 1 fully saturated rings. The van der Waals surface area contributed by atoms with Crippen LogP contribution in [0.2, 0.25) is 0 Å². The van der Waals surface area contributed by atoms with Crippen molar-refractivity contribution in [1.29, 1.82) is 0 Å². The molecule has 110 valence electrons. The summed E-state index contributed by atoms with van der Waals surface area (Å²) in [7, 11) is 0. The average Bonchev–Trinajstić information content (AvgIpc) is 2.80. The van der Waals surface area contributed by atoms with Gasteiger partial charge in [0.15, 0.2) is 11.7 Å². The highest BCUT2D eigenvalue weighted by molar-refractivity contribution is 6.32. The van der Waals surface area contributed by atoms with Gasteiger partial charge in [-0.15, -0.1) is 0 Å². The molecular formula is C17H14N2O3. The van der Waals surface area contributed by atoms with E-state index in [0.29, 0.717) is 11.4 Å². The highest BCUT2D eigenvalue weighted by Crippen LogP contribution is 2.31. The molecule has 0 aliphatic carbocycles. The number of amides is 2. The number of carbonyl (C=O) groups excluding carboxylic acids is 3. The second kappa shape index (κ2) is 5.44. The van der Waals surface area contributed by atoms with Crippen molar-refractivity contribution in [2.75, 3.05) is 10.0 Å². The van der Waals surface area contributed by atoms with E-state index in [-0.39, 0.29) is 0 Å². The fraction of sp³-hybridized carbons (Fsp3) is 0.118. The van der Waals surface area contributed by atoms with Crippen molar-refractivity contribution in [2.45, 2.75) is 6.92 Å². The molecule has 5 heteroatoms. The lowest BCUT2D eigenvalue weighted by atomic mass is 10.1. The van der Waals surface area contributed by atoms with Gasteiger partial charge in [-0.05, 0) is 31.2 Å². The Morgan fingerprint density at radius 1 is 0.773 bits per heavy atom. The Balaban J connectivity index is 2.13. The van der Waals surface area contributed by atoms with Crippen LogP contribution in [0.25, 0.3) is 0 Å². The molecule has 1 heterocycles. The van der Waals surface area contributed by atoms with E-state index < -0.39 is 23.5 Å². The SMILES string of the molecule is CC(=O)C1C(=O)N(c2ccccc2)N(c2ccccc2)C1=O. The lowest BCUT2D eigenvalue weighted by Gasteiger charge is -2.27. The maximum absolute atomic E-state index is 12.6. The van der Waals surface area contributed by atoms with E-state index >= 15 is 0 Å². The van der Waals surface area contributed by atoms with Gasteiger partial charge in [-0.1, -0.05) is 36.4 Å². The Morgan fingerprint density at radius 2 is 1.14 bits per heavy atom. The first-order valence-electron chi connectivity index (χ1n) is 6.89. The molecule has 1 saturated heterocycles. The lowest BCUT2D eigenvalue weighted by Crippen LogP contribution is -2.41. The van der Waals surface area contributed by atoms with Crippen molar-refractivity contribution >= 4 is 29.0 Å². The molecule has 3 rings (SSSR count). The summed E-state index contributed by atoms with van der Waals surface area (Å²) in [5.41, 5.74) is 1.10. The number of hydrogen-bond donors (Lipinski definition) is 0. The smallest absolute Gasteiger partial charge is 0.266 e. The van der Waals surface area contributed by atoms with E-state index in [1.807, 2.05) is 12.1 Å². The normalized spacial score (nSPS) is 15.5. The Kier molecular flexibility index (Phi) is 3.47. The van der Waals surface area contributed by atoms with Crippen molar-refractivity contribution in [2.24, 2.45) is 5.92 Å². The molecule has 1 aliphatic heterocycles.